The molecule has 0 spiro atoms. The van der Waals surface area contributed by atoms with Gasteiger partial charge in [0.15, 0.2) is 0 Å². The molecule has 0 saturated heterocycles. The highest BCUT2D eigenvalue weighted by Gasteiger charge is 2.10. The molecule has 0 heterocycles. The van der Waals surface area contributed by atoms with Crippen LogP contribution in [0.3, 0.4) is 0 Å². The first-order chi connectivity index (χ1) is 20.8. The van der Waals surface area contributed by atoms with Crippen LogP contribution in [0.25, 0.3) is 6.08 Å². The van der Waals surface area contributed by atoms with Crippen molar-refractivity contribution in [2.45, 2.75) is 51.9 Å². The zero-order chi connectivity index (χ0) is 30.9. The first kappa shape index (κ1) is 32.7. The lowest BCUT2D eigenvalue weighted by Gasteiger charge is -2.07. The van der Waals surface area contributed by atoms with Crippen LogP contribution in [0.5, 0.6) is 11.5 Å². The molecule has 0 saturated carbocycles. The molecule has 228 valence electrons. The van der Waals surface area contributed by atoms with Gasteiger partial charge in [0.25, 0.3) is 0 Å². The van der Waals surface area contributed by atoms with Crippen molar-refractivity contribution in [2.75, 3.05) is 31.3 Å². The summed E-state index contributed by atoms with van der Waals surface area (Å²) in [5.41, 5.74) is 13.7. The fourth-order valence-corrected chi connectivity index (χ4v) is 4.03. The van der Waals surface area contributed by atoms with Crippen molar-refractivity contribution < 1.29 is 33.3 Å². The molecule has 43 heavy (non-hydrogen) atoms. The Morgan fingerprint density at radius 1 is 0.651 bits per heavy atom. The Labute approximate surface area is 252 Å². The third-order valence-electron chi connectivity index (χ3n) is 6.34. The molecule has 0 atom stereocenters. The number of anilines is 2. The van der Waals surface area contributed by atoms with Crippen molar-refractivity contribution in [3.05, 3.63) is 89.5 Å². The Balaban J connectivity index is 1.27. The van der Waals surface area contributed by atoms with Gasteiger partial charge in [-0.3, -0.25) is 0 Å². The third-order valence-corrected chi connectivity index (χ3v) is 6.34. The van der Waals surface area contributed by atoms with Crippen LogP contribution in [0.15, 0.2) is 72.8 Å². The van der Waals surface area contributed by atoms with Crippen LogP contribution < -0.4 is 20.9 Å². The van der Waals surface area contributed by atoms with Crippen molar-refractivity contribution in [3.63, 3.8) is 0 Å². The largest absolute Gasteiger partial charge is 0.494 e. The van der Waals surface area contributed by atoms with E-state index in [9.17, 15) is 14.4 Å². The second kappa shape index (κ2) is 17.9. The lowest BCUT2D eigenvalue weighted by Crippen LogP contribution is -2.08. The standard InChI is InChI=1S/C34H40N2O7/c1-2-3-6-19-40-30-16-12-26(13-17-30)34(39)43-31-14-9-25(10-15-31)11-18-32(37)41-20-7-4-5-8-21-42-33(38)27-22-28(35)24-29(36)23-27/h9-18,22-24H,2-8,19-21,35-36H2,1H3. The average Bonchev–Trinajstić information content (AvgIpc) is 3.00. The third kappa shape index (κ3) is 12.3. The molecule has 9 heteroatoms. The molecular formula is C34H40N2O7. The topological polar surface area (TPSA) is 140 Å². The Bertz CT molecular complexity index is 1330. The highest BCUT2D eigenvalue weighted by atomic mass is 16.5. The molecule has 3 aromatic rings. The van der Waals surface area contributed by atoms with Crippen molar-refractivity contribution in [2.24, 2.45) is 0 Å². The molecule has 0 aromatic heterocycles. The predicted molar refractivity (Wildman–Crippen MR) is 167 cm³/mol. The summed E-state index contributed by atoms with van der Waals surface area (Å²) < 4.78 is 21.6. The number of nitrogen functional groups attached to an aromatic ring is 2. The van der Waals surface area contributed by atoms with Crippen LogP contribution in [-0.2, 0) is 14.3 Å². The number of ether oxygens (including phenoxy) is 4. The Morgan fingerprint density at radius 2 is 1.26 bits per heavy atom. The molecule has 0 fully saturated rings. The second-order valence-corrected chi connectivity index (χ2v) is 9.98. The van der Waals surface area contributed by atoms with E-state index in [1.807, 2.05) is 0 Å². The van der Waals surface area contributed by atoms with Crippen LogP contribution >= 0.6 is 0 Å². The number of nitrogens with two attached hydrogens (primary N) is 2. The Kier molecular flexibility index (Phi) is 13.6. The summed E-state index contributed by atoms with van der Waals surface area (Å²) in [5.74, 6) is -0.244. The maximum atomic E-state index is 12.5. The monoisotopic (exact) mass is 588 g/mol. The van der Waals surface area contributed by atoms with Gasteiger partial charge in [-0.2, -0.15) is 0 Å². The number of esters is 3. The molecule has 0 amide bonds. The van der Waals surface area contributed by atoms with E-state index in [2.05, 4.69) is 6.92 Å². The molecular weight excluding hydrogens is 548 g/mol. The summed E-state index contributed by atoms with van der Waals surface area (Å²) in [4.78, 5) is 36.5. The molecule has 0 bridgehead atoms. The summed E-state index contributed by atoms with van der Waals surface area (Å²) in [6.07, 6.45) is 9.31. The minimum absolute atomic E-state index is 0.288. The average molecular weight is 589 g/mol. The van der Waals surface area contributed by atoms with Gasteiger partial charge in [0.2, 0.25) is 0 Å². The zero-order valence-electron chi connectivity index (χ0n) is 24.6. The SMILES string of the molecule is CCCCCOc1ccc(C(=O)Oc2ccc(C=CC(=O)OCCCCCCOC(=O)c3cc(N)cc(N)c3)cc2)cc1. The van der Waals surface area contributed by atoms with E-state index in [0.29, 0.717) is 54.3 Å². The van der Waals surface area contributed by atoms with Crippen LogP contribution in [-0.4, -0.2) is 37.7 Å². The molecule has 3 rings (SSSR count). The van der Waals surface area contributed by atoms with Gasteiger partial charge in [-0.25, -0.2) is 14.4 Å². The van der Waals surface area contributed by atoms with Gasteiger partial charge in [-0.1, -0.05) is 31.9 Å². The maximum Gasteiger partial charge on any atom is 0.343 e. The van der Waals surface area contributed by atoms with Gasteiger partial charge in [-0.05, 0) is 98.3 Å². The smallest absolute Gasteiger partial charge is 0.343 e. The van der Waals surface area contributed by atoms with Crippen molar-refractivity contribution in [1.29, 1.82) is 0 Å². The predicted octanol–water partition coefficient (Wildman–Crippen LogP) is 6.61. The van der Waals surface area contributed by atoms with E-state index >= 15 is 0 Å². The summed E-state index contributed by atoms with van der Waals surface area (Å²) in [6, 6.07) is 18.3. The number of carbonyl (C=O) groups excluding carboxylic acids is 3. The molecule has 0 aliphatic rings. The van der Waals surface area contributed by atoms with Crippen LogP contribution in [0.2, 0.25) is 0 Å². The second-order valence-electron chi connectivity index (χ2n) is 9.98. The molecule has 9 nitrogen and oxygen atoms in total. The van der Waals surface area contributed by atoms with Crippen LogP contribution in [0.1, 0.15) is 78.1 Å². The Morgan fingerprint density at radius 3 is 1.91 bits per heavy atom. The van der Waals surface area contributed by atoms with Gasteiger partial charge < -0.3 is 30.4 Å². The number of carbonyl (C=O) groups is 3. The molecule has 3 aromatic carbocycles. The lowest BCUT2D eigenvalue weighted by atomic mass is 10.2. The van der Waals surface area contributed by atoms with E-state index in [-0.39, 0.29) is 6.61 Å². The van der Waals surface area contributed by atoms with Gasteiger partial charge in [-0.15, -0.1) is 0 Å². The van der Waals surface area contributed by atoms with Gasteiger partial charge in [0.1, 0.15) is 11.5 Å². The first-order valence-electron chi connectivity index (χ1n) is 14.6. The summed E-state index contributed by atoms with van der Waals surface area (Å²) in [5, 5.41) is 0. The molecule has 0 unspecified atom stereocenters. The molecule has 0 radical (unpaired) electrons. The van der Waals surface area contributed by atoms with E-state index in [1.165, 1.54) is 18.2 Å². The van der Waals surface area contributed by atoms with Gasteiger partial charge >= 0.3 is 17.9 Å². The highest BCUT2D eigenvalue weighted by molar-refractivity contribution is 5.92. The molecule has 0 aliphatic heterocycles. The zero-order valence-corrected chi connectivity index (χ0v) is 24.6. The number of rotatable bonds is 17. The minimum Gasteiger partial charge on any atom is -0.494 e. The normalized spacial score (nSPS) is 10.8. The summed E-state index contributed by atoms with van der Waals surface area (Å²) in [6.45, 7) is 3.38. The lowest BCUT2D eigenvalue weighted by molar-refractivity contribution is -0.137. The van der Waals surface area contributed by atoms with Crippen molar-refractivity contribution >= 4 is 35.4 Å². The van der Waals surface area contributed by atoms with E-state index in [4.69, 9.17) is 30.4 Å². The summed E-state index contributed by atoms with van der Waals surface area (Å²) >= 11 is 0. The first-order valence-corrected chi connectivity index (χ1v) is 14.6. The van der Waals surface area contributed by atoms with Crippen LogP contribution in [0.4, 0.5) is 11.4 Å². The minimum atomic E-state index is -0.464. The summed E-state index contributed by atoms with van der Waals surface area (Å²) in [7, 11) is 0. The van der Waals surface area contributed by atoms with E-state index in [1.54, 1.807) is 60.7 Å². The maximum absolute atomic E-state index is 12.5. The van der Waals surface area contributed by atoms with E-state index in [0.717, 1.165) is 43.4 Å². The van der Waals surface area contributed by atoms with Crippen LogP contribution in [0, 0.1) is 0 Å². The van der Waals surface area contributed by atoms with Gasteiger partial charge in [0.05, 0.1) is 30.9 Å². The number of hydrogen-bond acceptors (Lipinski definition) is 9. The molecule has 4 N–H and O–H groups in total. The number of benzene rings is 3. The Hall–Kier alpha value is -4.79. The highest BCUT2D eigenvalue weighted by Crippen LogP contribution is 2.18. The molecule has 0 aliphatic carbocycles. The fourth-order valence-electron chi connectivity index (χ4n) is 4.03. The van der Waals surface area contributed by atoms with Gasteiger partial charge in [0, 0.05) is 17.5 Å². The number of hydrogen-bond donors (Lipinski definition) is 2. The van der Waals surface area contributed by atoms with Crippen molar-refractivity contribution in [1.82, 2.24) is 0 Å². The quantitative estimate of drug-likeness (QED) is 0.0586. The van der Waals surface area contributed by atoms with Crippen molar-refractivity contribution in [3.8, 4) is 11.5 Å². The van der Waals surface area contributed by atoms with E-state index < -0.39 is 17.9 Å². The number of unbranched alkanes of at least 4 members (excludes halogenated alkanes) is 5. The fraction of sp³-hybridized carbons (Fsp3) is 0.324.